The zero-order valence-corrected chi connectivity index (χ0v) is 13.6. The number of nitrogens with one attached hydrogen (secondary N) is 1. The standard InChI is InChI=1S/C15H9F3N4O3S/c16-15(17,18)9-3-1-2-8(6-9)10-4-5-11(25-10)13-19-14(21-20-13)26-7-12(23)22-24/h1-6H,7H2,(H,19,20,21). The SMILES string of the molecule is O=NC(=O)CSc1nnc(-c2ccc(-c3cccc(C(F)(F)F)c3)o2)[nH]1. The molecule has 2 aromatic heterocycles. The van der Waals surface area contributed by atoms with Gasteiger partial charge >= 0.3 is 6.18 Å². The van der Waals surface area contributed by atoms with Crippen molar-refractivity contribution in [2.45, 2.75) is 11.3 Å². The molecule has 0 radical (unpaired) electrons. The average Bonchev–Trinajstić information content (AvgIpc) is 3.28. The van der Waals surface area contributed by atoms with E-state index in [1.54, 1.807) is 0 Å². The Kier molecular flexibility index (Phi) is 4.89. The Morgan fingerprint density at radius 2 is 1.96 bits per heavy atom. The van der Waals surface area contributed by atoms with Crippen molar-refractivity contribution in [1.82, 2.24) is 15.2 Å². The summed E-state index contributed by atoms with van der Waals surface area (Å²) in [5, 5.41) is 10.1. The number of furan rings is 1. The number of halogens is 3. The minimum atomic E-state index is -4.45. The summed E-state index contributed by atoms with van der Waals surface area (Å²) in [5.74, 6) is -0.296. The van der Waals surface area contributed by atoms with E-state index in [0.29, 0.717) is 0 Å². The van der Waals surface area contributed by atoms with Crippen LogP contribution < -0.4 is 0 Å². The van der Waals surface area contributed by atoms with Gasteiger partial charge in [-0.05, 0) is 24.3 Å². The first-order valence-corrected chi connectivity index (χ1v) is 8.05. The maximum Gasteiger partial charge on any atom is 0.416 e. The van der Waals surface area contributed by atoms with Crippen LogP contribution in [0.1, 0.15) is 5.56 Å². The minimum Gasteiger partial charge on any atom is -0.453 e. The van der Waals surface area contributed by atoms with Crippen molar-refractivity contribution in [2.24, 2.45) is 5.18 Å². The number of nitrogens with zero attached hydrogens (tertiary/aromatic N) is 3. The van der Waals surface area contributed by atoms with E-state index >= 15 is 0 Å². The first kappa shape index (κ1) is 17.9. The summed E-state index contributed by atoms with van der Waals surface area (Å²) in [6, 6.07) is 7.80. The molecule has 3 rings (SSSR count). The topological polar surface area (TPSA) is 101 Å². The number of carbonyl (C=O) groups excluding carboxylic acids is 1. The molecular formula is C15H9F3N4O3S. The van der Waals surface area contributed by atoms with Crippen molar-refractivity contribution in [3.63, 3.8) is 0 Å². The molecule has 134 valence electrons. The molecule has 0 spiro atoms. The molecule has 0 aliphatic rings. The first-order valence-electron chi connectivity index (χ1n) is 7.06. The number of benzene rings is 1. The number of carbonyl (C=O) groups is 1. The van der Waals surface area contributed by atoms with Crippen molar-refractivity contribution < 1.29 is 22.4 Å². The molecule has 0 saturated heterocycles. The summed E-state index contributed by atoms with van der Waals surface area (Å²) >= 11 is 0.937. The average molecular weight is 382 g/mol. The second-order valence-electron chi connectivity index (χ2n) is 4.99. The molecule has 0 saturated carbocycles. The summed E-state index contributed by atoms with van der Waals surface area (Å²) in [6.45, 7) is 0. The zero-order valence-electron chi connectivity index (χ0n) is 12.8. The van der Waals surface area contributed by atoms with Gasteiger partial charge in [-0.15, -0.1) is 15.1 Å². The summed E-state index contributed by atoms with van der Waals surface area (Å²) in [4.78, 5) is 23.7. The molecule has 2 heterocycles. The first-order chi connectivity index (χ1) is 12.4. The van der Waals surface area contributed by atoms with E-state index in [-0.39, 0.29) is 33.8 Å². The Hall–Kier alpha value is -2.95. The lowest BCUT2D eigenvalue weighted by Gasteiger charge is -2.07. The highest BCUT2D eigenvalue weighted by Crippen LogP contribution is 2.33. The van der Waals surface area contributed by atoms with Crippen LogP contribution in [0.2, 0.25) is 0 Å². The Bertz CT molecular complexity index is 952. The zero-order chi connectivity index (χ0) is 18.7. The molecule has 26 heavy (non-hydrogen) atoms. The van der Waals surface area contributed by atoms with Crippen LogP contribution in [-0.2, 0) is 11.0 Å². The maximum atomic E-state index is 12.8. The molecule has 3 aromatic rings. The van der Waals surface area contributed by atoms with Gasteiger partial charge in [0.05, 0.1) is 11.3 Å². The van der Waals surface area contributed by atoms with E-state index in [9.17, 15) is 22.9 Å². The maximum absolute atomic E-state index is 12.8. The number of hydrogen-bond acceptors (Lipinski definition) is 6. The molecule has 0 unspecified atom stereocenters. The van der Waals surface area contributed by atoms with E-state index < -0.39 is 17.6 Å². The Morgan fingerprint density at radius 1 is 1.19 bits per heavy atom. The van der Waals surface area contributed by atoms with Crippen LogP contribution in [0.5, 0.6) is 0 Å². The molecule has 1 N–H and O–H groups in total. The molecule has 0 aliphatic heterocycles. The van der Waals surface area contributed by atoms with Crippen LogP contribution in [0.15, 0.2) is 51.1 Å². The monoisotopic (exact) mass is 382 g/mol. The van der Waals surface area contributed by atoms with Crippen LogP contribution in [0.4, 0.5) is 13.2 Å². The summed E-state index contributed by atoms with van der Waals surface area (Å²) in [6.07, 6.45) is -4.45. The van der Waals surface area contributed by atoms with Crippen molar-refractivity contribution in [1.29, 1.82) is 0 Å². The van der Waals surface area contributed by atoms with Gasteiger partial charge in [0.1, 0.15) is 5.76 Å². The molecule has 11 heteroatoms. The normalized spacial score (nSPS) is 11.5. The third kappa shape index (κ3) is 3.99. The summed E-state index contributed by atoms with van der Waals surface area (Å²) in [7, 11) is 0. The number of aromatic nitrogens is 3. The molecular weight excluding hydrogens is 373 g/mol. The largest absolute Gasteiger partial charge is 0.453 e. The number of thioether (sulfide) groups is 1. The smallest absolute Gasteiger partial charge is 0.416 e. The number of rotatable bonds is 5. The number of hydrogen-bond donors (Lipinski definition) is 1. The fourth-order valence-corrected chi connectivity index (χ4v) is 2.63. The van der Waals surface area contributed by atoms with E-state index in [1.807, 2.05) is 0 Å². The van der Waals surface area contributed by atoms with Gasteiger partial charge < -0.3 is 9.40 Å². The second-order valence-corrected chi connectivity index (χ2v) is 5.96. The number of H-pyrrole nitrogens is 1. The van der Waals surface area contributed by atoms with Crippen LogP contribution in [0.25, 0.3) is 22.9 Å². The summed E-state index contributed by atoms with van der Waals surface area (Å²) in [5.41, 5.74) is -0.511. The molecule has 0 bridgehead atoms. The van der Waals surface area contributed by atoms with Gasteiger partial charge in [-0.2, -0.15) is 13.2 Å². The molecule has 0 fully saturated rings. The lowest BCUT2D eigenvalue weighted by Crippen LogP contribution is -2.04. The molecule has 0 atom stereocenters. The molecule has 7 nitrogen and oxygen atoms in total. The van der Waals surface area contributed by atoms with Gasteiger partial charge in [0, 0.05) is 10.7 Å². The Labute approximate surface area is 148 Å². The third-order valence-electron chi connectivity index (χ3n) is 3.21. The van der Waals surface area contributed by atoms with Crippen LogP contribution >= 0.6 is 11.8 Å². The number of aromatic amines is 1. The highest BCUT2D eigenvalue weighted by Gasteiger charge is 2.30. The number of amides is 1. The minimum absolute atomic E-state index is 0.189. The van der Waals surface area contributed by atoms with E-state index in [2.05, 4.69) is 20.4 Å². The number of nitroso groups, excluding NO2 is 1. The lowest BCUT2D eigenvalue weighted by molar-refractivity contribution is -0.137. The van der Waals surface area contributed by atoms with Crippen molar-refractivity contribution in [3.05, 3.63) is 46.9 Å². The van der Waals surface area contributed by atoms with Gasteiger partial charge in [0.15, 0.2) is 16.7 Å². The highest BCUT2D eigenvalue weighted by molar-refractivity contribution is 7.99. The van der Waals surface area contributed by atoms with E-state index in [4.69, 9.17) is 4.42 Å². The van der Waals surface area contributed by atoms with Gasteiger partial charge in [0.25, 0.3) is 5.91 Å². The quantitative estimate of drug-likeness (QED) is 0.526. The molecule has 0 aliphatic carbocycles. The second kappa shape index (κ2) is 7.12. The van der Waals surface area contributed by atoms with Crippen molar-refractivity contribution in [3.8, 4) is 22.9 Å². The van der Waals surface area contributed by atoms with Crippen LogP contribution in [-0.4, -0.2) is 26.8 Å². The number of alkyl halides is 3. The van der Waals surface area contributed by atoms with Gasteiger partial charge in [-0.25, -0.2) is 0 Å². The third-order valence-corrected chi connectivity index (χ3v) is 4.06. The lowest BCUT2D eigenvalue weighted by atomic mass is 10.1. The fourth-order valence-electron chi connectivity index (χ4n) is 2.05. The van der Waals surface area contributed by atoms with Gasteiger partial charge in [0.2, 0.25) is 0 Å². The Balaban J connectivity index is 1.79. The highest BCUT2D eigenvalue weighted by atomic mass is 32.2. The van der Waals surface area contributed by atoms with Crippen molar-refractivity contribution in [2.75, 3.05) is 5.75 Å². The summed E-state index contributed by atoms with van der Waals surface area (Å²) < 4.78 is 44.0. The Morgan fingerprint density at radius 3 is 2.69 bits per heavy atom. The molecule has 1 amide bonds. The molecule has 1 aromatic carbocycles. The van der Waals surface area contributed by atoms with E-state index in [0.717, 1.165) is 23.9 Å². The predicted octanol–water partition coefficient (Wildman–Crippen LogP) is 4.14. The van der Waals surface area contributed by atoms with Gasteiger partial charge in [-0.3, -0.25) is 4.79 Å². The van der Waals surface area contributed by atoms with E-state index in [1.165, 1.54) is 24.3 Å². The van der Waals surface area contributed by atoms with Crippen molar-refractivity contribution >= 4 is 17.7 Å². The predicted molar refractivity (Wildman–Crippen MR) is 86.0 cm³/mol. The van der Waals surface area contributed by atoms with Crippen LogP contribution in [0.3, 0.4) is 0 Å². The van der Waals surface area contributed by atoms with Gasteiger partial charge in [-0.1, -0.05) is 23.9 Å². The van der Waals surface area contributed by atoms with Crippen LogP contribution in [0, 0.1) is 4.91 Å². The fraction of sp³-hybridized carbons (Fsp3) is 0.133.